The van der Waals surface area contributed by atoms with E-state index in [0.29, 0.717) is 36.2 Å². The maximum atomic E-state index is 13.6. The van der Waals surface area contributed by atoms with Crippen molar-refractivity contribution in [2.45, 2.75) is 26.7 Å². The molecule has 1 aromatic heterocycles. The van der Waals surface area contributed by atoms with E-state index < -0.39 is 0 Å². The van der Waals surface area contributed by atoms with E-state index in [0.717, 1.165) is 12.8 Å². The van der Waals surface area contributed by atoms with Crippen molar-refractivity contribution in [3.63, 3.8) is 0 Å². The standard InChI is InChI=1S/C20H23FN2O3/c1-3-26-20(25)13(2)14-7-10-23(11-8-14)19(24)16-6-9-22-18-5-4-15(21)12-17(16)18/h4-6,9,12-14H,3,7-8,10-11H2,1-2H3. The third kappa shape index (κ3) is 3.69. The van der Waals surface area contributed by atoms with E-state index in [-0.39, 0.29) is 29.5 Å². The number of piperidine rings is 1. The fraction of sp³-hybridized carbons (Fsp3) is 0.450. The molecule has 0 saturated carbocycles. The van der Waals surface area contributed by atoms with Gasteiger partial charge in [-0.2, -0.15) is 0 Å². The minimum absolute atomic E-state index is 0.120. The highest BCUT2D eigenvalue weighted by Crippen LogP contribution is 2.28. The Bertz CT molecular complexity index is 816. The molecule has 1 amide bonds. The number of aromatic nitrogens is 1. The van der Waals surface area contributed by atoms with Crippen LogP contribution >= 0.6 is 0 Å². The number of hydrogen-bond acceptors (Lipinski definition) is 4. The molecule has 1 fully saturated rings. The summed E-state index contributed by atoms with van der Waals surface area (Å²) in [6.45, 7) is 5.22. The van der Waals surface area contributed by atoms with E-state index in [1.54, 1.807) is 30.2 Å². The van der Waals surface area contributed by atoms with Crippen molar-refractivity contribution in [2.24, 2.45) is 11.8 Å². The molecule has 138 valence electrons. The maximum Gasteiger partial charge on any atom is 0.308 e. The normalized spacial score (nSPS) is 16.5. The average molecular weight is 358 g/mol. The smallest absolute Gasteiger partial charge is 0.308 e. The van der Waals surface area contributed by atoms with Crippen LogP contribution in [0.5, 0.6) is 0 Å². The van der Waals surface area contributed by atoms with Crippen molar-refractivity contribution in [3.8, 4) is 0 Å². The van der Waals surface area contributed by atoms with Gasteiger partial charge in [0.05, 0.1) is 23.6 Å². The zero-order valence-corrected chi connectivity index (χ0v) is 15.1. The van der Waals surface area contributed by atoms with Crippen molar-refractivity contribution in [1.82, 2.24) is 9.88 Å². The number of amides is 1. The van der Waals surface area contributed by atoms with E-state index in [9.17, 15) is 14.0 Å². The highest BCUT2D eigenvalue weighted by Gasteiger charge is 2.31. The SMILES string of the molecule is CCOC(=O)C(C)C1CCN(C(=O)c2ccnc3ccc(F)cc23)CC1. The minimum atomic E-state index is -0.387. The summed E-state index contributed by atoms with van der Waals surface area (Å²) in [5.41, 5.74) is 1.06. The Hall–Kier alpha value is -2.50. The lowest BCUT2D eigenvalue weighted by molar-refractivity contribution is -0.149. The molecule has 1 unspecified atom stereocenters. The van der Waals surface area contributed by atoms with Crippen molar-refractivity contribution in [1.29, 1.82) is 0 Å². The molecule has 5 nitrogen and oxygen atoms in total. The zero-order valence-electron chi connectivity index (χ0n) is 15.1. The van der Waals surface area contributed by atoms with Crippen molar-refractivity contribution < 1.29 is 18.7 Å². The van der Waals surface area contributed by atoms with Crippen LogP contribution in [0, 0.1) is 17.7 Å². The number of rotatable bonds is 4. The van der Waals surface area contributed by atoms with Gasteiger partial charge in [-0.25, -0.2) is 4.39 Å². The lowest BCUT2D eigenvalue weighted by Gasteiger charge is -2.34. The second-order valence-electron chi connectivity index (χ2n) is 6.69. The summed E-state index contributed by atoms with van der Waals surface area (Å²) in [5, 5.41) is 0.527. The number of hydrogen-bond donors (Lipinski definition) is 0. The summed E-state index contributed by atoms with van der Waals surface area (Å²) in [6.07, 6.45) is 3.08. The zero-order chi connectivity index (χ0) is 18.7. The van der Waals surface area contributed by atoms with Gasteiger partial charge < -0.3 is 9.64 Å². The van der Waals surface area contributed by atoms with Crippen LogP contribution in [0.1, 0.15) is 37.0 Å². The molecule has 26 heavy (non-hydrogen) atoms. The van der Waals surface area contributed by atoms with Gasteiger partial charge in [-0.3, -0.25) is 14.6 Å². The highest BCUT2D eigenvalue weighted by molar-refractivity contribution is 6.06. The van der Waals surface area contributed by atoms with E-state index in [2.05, 4.69) is 4.98 Å². The largest absolute Gasteiger partial charge is 0.466 e. The fourth-order valence-electron chi connectivity index (χ4n) is 3.54. The van der Waals surface area contributed by atoms with Gasteiger partial charge in [-0.05, 0) is 49.9 Å². The van der Waals surface area contributed by atoms with Crippen LogP contribution in [0.15, 0.2) is 30.5 Å². The van der Waals surface area contributed by atoms with Gasteiger partial charge in [-0.15, -0.1) is 0 Å². The summed E-state index contributed by atoms with van der Waals surface area (Å²) < 4.78 is 18.7. The van der Waals surface area contributed by atoms with Gasteiger partial charge in [0, 0.05) is 24.7 Å². The molecule has 0 radical (unpaired) electrons. The molecule has 2 heterocycles. The second kappa shape index (κ2) is 7.81. The number of fused-ring (bicyclic) bond motifs is 1. The third-order valence-electron chi connectivity index (χ3n) is 5.13. The first-order chi connectivity index (χ1) is 12.5. The average Bonchev–Trinajstić information content (AvgIpc) is 2.66. The summed E-state index contributed by atoms with van der Waals surface area (Å²) in [6, 6.07) is 5.91. The van der Waals surface area contributed by atoms with Crippen LogP contribution in [-0.2, 0) is 9.53 Å². The van der Waals surface area contributed by atoms with Gasteiger partial charge in [0.2, 0.25) is 0 Å². The maximum absolute atomic E-state index is 13.6. The number of pyridine rings is 1. The number of carbonyl (C=O) groups is 2. The highest BCUT2D eigenvalue weighted by atomic mass is 19.1. The first kappa shape index (κ1) is 18.3. The molecule has 0 aliphatic carbocycles. The van der Waals surface area contributed by atoms with Crippen LogP contribution in [0.4, 0.5) is 4.39 Å². The minimum Gasteiger partial charge on any atom is -0.466 e. The summed E-state index contributed by atoms with van der Waals surface area (Å²) >= 11 is 0. The van der Waals surface area contributed by atoms with Crippen LogP contribution in [0.2, 0.25) is 0 Å². The molecule has 1 aromatic carbocycles. The Morgan fingerprint density at radius 2 is 2.04 bits per heavy atom. The molecule has 1 aliphatic heterocycles. The molecule has 1 saturated heterocycles. The molecule has 3 rings (SSSR count). The van der Waals surface area contributed by atoms with E-state index in [1.807, 2.05) is 6.92 Å². The van der Waals surface area contributed by atoms with Crippen molar-refractivity contribution >= 4 is 22.8 Å². The Balaban J connectivity index is 1.71. The Morgan fingerprint density at radius 3 is 2.73 bits per heavy atom. The molecule has 0 bridgehead atoms. The Labute approximate surface area is 152 Å². The summed E-state index contributed by atoms with van der Waals surface area (Å²) in [5.74, 6) is -0.632. The Morgan fingerprint density at radius 1 is 1.31 bits per heavy atom. The van der Waals surface area contributed by atoms with Crippen molar-refractivity contribution in [3.05, 3.63) is 41.8 Å². The van der Waals surface area contributed by atoms with E-state index in [4.69, 9.17) is 4.74 Å². The monoisotopic (exact) mass is 358 g/mol. The number of ether oxygens (including phenoxy) is 1. The molecule has 2 aromatic rings. The topological polar surface area (TPSA) is 59.5 Å². The number of nitrogens with zero attached hydrogens (tertiary/aromatic N) is 2. The predicted molar refractivity (Wildman–Crippen MR) is 96.1 cm³/mol. The molecular weight excluding hydrogens is 335 g/mol. The van der Waals surface area contributed by atoms with Gasteiger partial charge in [0.25, 0.3) is 5.91 Å². The number of likely N-dealkylation sites (tertiary alicyclic amines) is 1. The van der Waals surface area contributed by atoms with Crippen LogP contribution in [0.3, 0.4) is 0 Å². The van der Waals surface area contributed by atoms with E-state index >= 15 is 0 Å². The van der Waals surface area contributed by atoms with Crippen LogP contribution in [-0.4, -0.2) is 41.5 Å². The van der Waals surface area contributed by atoms with Gasteiger partial charge in [0.1, 0.15) is 5.82 Å². The first-order valence-corrected chi connectivity index (χ1v) is 9.01. The van der Waals surface area contributed by atoms with Gasteiger partial charge >= 0.3 is 5.97 Å². The first-order valence-electron chi connectivity index (χ1n) is 9.01. The van der Waals surface area contributed by atoms with Crippen molar-refractivity contribution in [2.75, 3.05) is 19.7 Å². The molecule has 0 spiro atoms. The summed E-state index contributed by atoms with van der Waals surface area (Å²) in [4.78, 5) is 30.8. The van der Waals surface area contributed by atoms with Crippen LogP contribution < -0.4 is 0 Å². The predicted octanol–water partition coefficient (Wildman–Crippen LogP) is 3.43. The lowest BCUT2D eigenvalue weighted by Crippen LogP contribution is -2.41. The summed E-state index contributed by atoms with van der Waals surface area (Å²) in [7, 11) is 0. The quantitative estimate of drug-likeness (QED) is 0.786. The number of carbonyl (C=O) groups excluding carboxylic acids is 2. The molecule has 0 N–H and O–H groups in total. The molecular formula is C20H23FN2O3. The molecule has 1 aliphatic rings. The molecule has 1 atom stereocenters. The fourth-order valence-corrected chi connectivity index (χ4v) is 3.54. The second-order valence-corrected chi connectivity index (χ2v) is 6.69. The number of halogens is 1. The van der Waals surface area contributed by atoms with E-state index in [1.165, 1.54) is 12.1 Å². The van der Waals surface area contributed by atoms with Gasteiger partial charge in [0.15, 0.2) is 0 Å². The third-order valence-corrected chi connectivity index (χ3v) is 5.13. The van der Waals surface area contributed by atoms with Gasteiger partial charge in [-0.1, -0.05) is 6.92 Å². The number of esters is 1. The van der Waals surface area contributed by atoms with Crippen LogP contribution in [0.25, 0.3) is 10.9 Å². The lowest BCUT2D eigenvalue weighted by atomic mass is 9.85. The molecule has 6 heteroatoms. The number of benzene rings is 1. The Kier molecular flexibility index (Phi) is 5.49.